The van der Waals surface area contributed by atoms with Gasteiger partial charge in [-0.1, -0.05) is 58.0 Å². The van der Waals surface area contributed by atoms with E-state index in [0.29, 0.717) is 24.1 Å². The maximum Gasteiger partial charge on any atom is 0.417 e. The molecule has 1 aliphatic heterocycles. The number of non-ortho nitro benzene ring substituents is 1. The fourth-order valence-corrected chi connectivity index (χ4v) is 4.45. The van der Waals surface area contributed by atoms with Crippen molar-refractivity contribution in [3.63, 3.8) is 0 Å². The van der Waals surface area contributed by atoms with E-state index in [-0.39, 0.29) is 11.4 Å². The van der Waals surface area contributed by atoms with Crippen LogP contribution in [-0.4, -0.2) is 36.4 Å². The third kappa shape index (κ3) is 7.04. The molecule has 0 aliphatic carbocycles. The second-order valence-corrected chi connectivity index (χ2v) is 10.2. The number of benzene rings is 3. The highest BCUT2D eigenvalue weighted by Gasteiger charge is 2.20. The first-order chi connectivity index (χ1) is 18.7. The molecule has 10 nitrogen and oxygen atoms in total. The van der Waals surface area contributed by atoms with E-state index < -0.39 is 11.0 Å². The summed E-state index contributed by atoms with van der Waals surface area (Å²) in [5.74, 6) is 1.00. The van der Waals surface area contributed by atoms with Crippen molar-refractivity contribution in [2.24, 2.45) is 27.3 Å². The predicted octanol–water partition coefficient (Wildman–Crippen LogP) is 7.16. The molecular weight excluding hydrogens is 496 g/mol. The third-order valence-electron chi connectivity index (χ3n) is 6.00. The zero-order chi connectivity index (χ0) is 27.9. The molecular formula is C29H32N6O4. The Bertz CT molecular complexity index is 1390. The molecule has 202 valence electrons. The molecule has 0 radical (unpaired) electrons. The van der Waals surface area contributed by atoms with Gasteiger partial charge in [0.15, 0.2) is 0 Å². The summed E-state index contributed by atoms with van der Waals surface area (Å²) >= 11 is 0. The van der Waals surface area contributed by atoms with Crippen molar-refractivity contribution >= 4 is 28.9 Å². The quantitative estimate of drug-likeness (QED) is 0.221. The van der Waals surface area contributed by atoms with Crippen molar-refractivity contribution in [1.29, 1.82) is 0 Å². The van der Waals surface area contributed by atoms with Crippen LogP contribution in [0.15, 0.2) is 82.2 Å². The van der Waals surface area contributed by atoms with E-state index >= 15 is 0 Å². The molecule has 0 aromatic heterocycles. The lowest BCUT2D eigenvalue weighted by molar-refractivity contribution is -0.384. The lowest BCUT2D eigenvalue weighted by atomic mass is 9.95. The molecule has 0 unspecified atom stereocenters. The number of amides is 1. The van der Waals surface area contributed by atoms with Gasteiger partial charge >= 0.3 is 6.09 Å². The second kappa shape index (κ2) is 12.3. The van der Waals surface area contributed by atoms with Crippen molar-refractivity contribution < 1.29 is 14.5 Å². The Morgan fingerprint density at radius 3 is 2.26 bits per heavy atom. The van der Waals surface area contributed by atoms with E-state index in [9.17, 15) is 14.9 Å². The standard InChI is InChI=1S/C29H32N6O4/c1-19(2)17-34(18-20(3)4)28-14-9-21(24-7-5-6-8-25(24)27-16-30-33-32-27)15-26(28)31-29(36)39-23-12-10-22(11-13-23)35(37)38/h5-15,19-20H,16-18H2,1-4H3,(H,31,36). The lowest BCUT2D eigenvalue weighted by Crippen LogP contribution is -2.32. The molecule has 3 aromatic rings. The van der Waals surface area contributed by atoms with Crippen LogP contribution in [0, 0.1) is 22.0 Å². The monoisotopic (exact) mass is 528 g/mol. The molecule has 0 bridgehead atoms. The van der Waals surface area contributed by atoms with Gasteiger partial charge in [0, 0.05) is 30.8 Å². The van der Waals surface area contributed by atoms with Crippen molar-refractivity contribution in [1.82, 2.24) is 0 Å². The Kier molecular flexibility index (Phi) is 8.65. The largest absolute Gasteiger partial charge is 0.417 e. The molecule has 0 atom stereocenters. The van der Waals surface area contributed by atoms with Crippen LogP contribution in [-0.2, 0) is 0 Å². The first kappa shape index (κ1) is 27.4. The molecule has 0 saturated heterocycles. The highest BCUT2D eigenvalue weighted by Crippen LogP contribution is 2.35. The molecule has 39 heavy (non-hydrogen) atoms. The van der Waals surface area contributed by atoms with Gasteiger partial charge in [0.05, 0.1) is 22.0 Å². The van der Waals surface area contributed by atoms with Crippen LogP contribution in [0.3, 0.4) is 0 Å². The normalized spacial score (nSPS) is 12.5. The Morgan fingerprint density at radius 2 is 1.67 bits per heavy atom. The number of rotatable bonds is 10. The first-order valence-electron chi connectivity index (χ1n) is 12.9. The predicted molar refractivity (Wildman–Crippen MR) is 153 cm³/mol. The average molecular weight is 529 g/mol. The highest BCUT2D eigenvalue weighted by atomic mass is 16.6. The van der Waals surface area contributed by atoms with E-state index in [1.165, 1.54) is 24.3 Å². The van der Waals surface area contributed by atoms with Gasteiger partial charge in [0.1, 0.15) is 12.3 Å². The lowest BCUT2D eigenvalue weighted by Gasteiger charge is -2.30. The maximum absolute atomic E-state index is 13.0. The number of hydrogen-bond acceptors (Lipinski definition) is 8. The number of nitro groups is 1. The topological polar surface area (TPSA) is 122 Å². The average Bonchev–Trinajstić information content (AvgIpc) is 3.43. The summed E-state index contributed by atoms with van der Waals surface area (Å²) in [6.45, 7) is 10.7. The summed E-state index contributed by atoms with van der Waals surface area (Å²) in [4.78, 5) is 25.7. The number of nitro benzene ring substituents is 1. The van der Waals surface area contributed by atoms with E-state index in [2.05, 4.69) is 53.4 Å². The van der Waals surface area contributed by atoms with Gasteiger partial charge in [-0.15, -0.1) is 5.10 Å². The fraction of sp³-hybridized carbons (Fsp3) is 0.310. The van der Waals surface area contributed by atoms with Crippen LogP contribution in [0.5, 0.6) is 5.75 Å². The van der Waals surface area contributed by atoms with Crippen LogP contribution >= 0.6 is 0 Å². The van der Waals surface area contributed by atoms with Gasteiger partial charge in [-0.2, -0.15) is 5.11 Å². The number of carbonyl (C=O) groups excluding carboxylic acids is 1. The summed E-state index contributed by atoms with van der Waals surface area (Å²) in [7, 11) is 0. The fourth-order valence-electron chi connectivity index (χ4n) is 4.45. The molecule has 1 aliphatic rings. The Morgan fingerprint density at radius 1 is 1.00 bits per heavy atom. The molecule has 3 aromatic carbocycles. The maximum atomic E-state index is 13.0. The number of nitrogens with one attached hydrogen (secondary N) is 1. The Balaban J connectivity index is 1.70. The van der Waals surface area contributed by atoms with E-state index in [0.717, 1.165) is 41.2 Å². The number of ether oxygens (including phenoxy) is 1. The van der Waals surface area contributed by atoms with Crippen molar-refractivity contribution in [3.05, 3.63) is 82.4 Å². The number of nitrogens with zero attached hydrogens (tertiary/aromatic N) is 5. The number of carbonyl (C=O) groups is 1. The molecule has 4 rings (SSSR count). The minimum atomic E-state index is -0.692. The van der Waals surface area contributed by atoms with Crippen molar-refractivity contribution in [2.75, 3.05) is 29.9 Å². The molecule has 0 fully saturated rings. The SMILES string of the molecule is CC(C)CN(CC(C)C)c1ccc(-c2ccccc2C2=NN=NC2)cc1NC(=O)Oc1ccc([N+](=O)[O-])cc1. The molecule has 1 amide bonds. The van der Waals surface area contributed by atoms with Crippen LogP contribution in [0.4, 0.5) is 21.9 Å². The van der Waals surface area contributed by atoms with Crippen LogP contribution in [0.1, 0.15) is 33.3 Å². The first-order valence-corrected chi connectivity index (χ1v) is 12.9. The van der Waals surface area contributed by atoms with Gasteiger partial charge < -0.3 is 9.64 Å². The van der Waals surface area contributed by atoms with Gasteiger partial charge in [-0.05, 0) is 52.5 Å². The van der Waals surface area contributed by atoms with E-state index in [1.807, 2.05) is 42.5 Å². The van der Waals surface area contributed by atoms with Gasteiger partial charge in [0.2, 0.25) is 0 Å². The van der Waals surface area contributed by atoms with Crippen LogP contribution in [0.2, 0.25) is 0 Å². The van der Waals surface area contributed by atoms with E-state index in [1.54, 1.807) is 0 Å². The van der Waals surface area contributed by atoms with Crippen molar-refractivity contribution in [3.8, 4) is 16.9 Å². The highest BCUT2D eigenvalue weighted by molar-refractivity contribution is 6.08. The Hall–Kier alpha value is -4.60. The molecule has 1 heterocycles. The van der Waals surface area contributed by atoms with Crippen molar-refractivity contribution in [2.45, 2.75) is 27.7 Å². The zero-order valence-corrected chi connectivity index (χ0v) is 22.5. The third-order valence-corrected chi connectivity index (χ3v) is 6.00. The number of hydrogen-bond donors (Lipinski definition) is 1. The summed E-state index contributed by atoms with van der Waals surface area (Å²) in [6.07, 6.45) is -0.692. The van der Waals surface area contributed by atoms with Crippen LogP contribution in [0.25, 0.3) is 11.1 Å². The molecule has 10 heteroatoms. The zero-order valence-electron chi connectivity index (χ0n) is 22.5. The number of anilines is 2. The molecule has 0 saturated carbocycles. The van der Waals surface area contributed by atoms with Crippen LogP contribution < -0.4 is 15.0 Å². The van der Waals surface area contributed by atoms with Gasteiger partial charge in [-0.3, -0.25) is 15.4 Å². The second-order valence-electron chi connectivity index (χ2n) is 10.2. The summed E-state index contributed by atoms with van der Waals surface area (Å²) < 4.78 is 5.47. The smallest absolute Gasteiger partial charge is 0.410 e. The minimum absolute atomic E-state index is 0.0816. The van der Waals surface area contributed by atoms with Gasteiger partial charge in [0.25, 0.3) is 5.69 Å². The Labute approximate surface area is 227 Å². The molecule has 0 spiro atoms. The van der Waals surface area contributed by atoms with Gasteiger partial charge in [-0.25, -0.2) is 4.79 Å². The summed E-state index contributed by atoms with van der Waals surface area (Å²) in [6, 6.07) is 19.3. The van der Waals surface area contributed by atoms with E-state index in [4.69, 9.17) is 4.74 Å². The summed E-state index contributed by atoms with van der Waals surface area (Å²) in [5.41, 5.74) is 4.94. The summed E-state index contributed by atoms with van der Waals surface area (Å²) in [5, 5.41) is 25.8. The molecule has 1 N–H and O–H groups in total. The minimum Gasteiger partial charge on any atom is -0.410 e.